The summed E-state index contributed by atoms with van der Waals surface area (Å²) in [6.45, 7) is 2.19. The second kappa shape index (κ2) is 5.04. The van der Waals surface area contributed by atoms with Gasteiger partial charge in [-0.05, 0) is 24.1 Å². The third-order valence-electron chi connectivity index (χ3n) is 2.22. The van der Waals surface area contributed by atoms with Gasteiger partial charge in [-0.25, -0.2) is 0 Å². The van der Waals surface area contributed by atoms with Gasteiger partial charge in [0.25, 0.3) is 0 Å². The van der Waals surface area contributed by atoms with E-state index in [-0.39, 0.29) is 0 Å². The molecule has 15 heavy (non-hydrogen) atoms. The Morgan fingerprint density at radius 2 is 1.87 bits per heavy atom. The quantitative estimate of drug-likeness (QED) is 0.702. The van der Waals surface area contributed by atoms with E-state index in [1.807, 2.05) is 6.07 Å². The average molecular weight is 214 g/mol. The lowest BCUT2D eigenvalue weighted by Gasteiger charge is -2.00. The second-order valence-corrected chi connectivity index (χ2v) is 4.73. The van der Waals surface area contributed by atoms with Crippen LogP contribution in [0.1, 0.15) is 6.92 Å². The molecule has 0 saturated heterocycles. The van der Waals surface area contributed by atoms with Crippen LogP contribution in [0.15, 0.2) is 70.5 Å². The molecular weight excluding hydrogens is 200 g/mol. The number of benzene rings is 1. The molecule has 1 aliphatic carbocycles. The highest BCUT2D eigenvalue weighted by Gasteiger charge is 1.99. The molecule has 0 fully saturated rings. The predicted octanol–water partition coefficient (Wildman–Crippen LogP) is 4.42. The summed E-state index contributed by atoms with van der Waals surface area (Å²) in [6, 6.07) is 10.5. The summed E-state index contributed by atoms with van der Waals surface area (Å²) in [6.07, 6.45) is 10.9. The summed E-state index contributed by atoms with van der Waals surface area (Å²) in [5.41, 5.74) is 0. The van der Waals surface area contributed by atoms with Gasteiger partial charge in [0.15, 0.2) is 0 Å². The minimum atomic E-state index is 0.537. The largest absolute Gasteiger partial charge is 0.0901 e. The van der Waals surface area contributed by atoms with Crippen LogP contribution in [0.5, 0.6) is 0 Å². The fraction of sp³-hybridized carbons (Fsp3) is 0.143. The maximum absolute atomic E-state index is 2.23. The fourth-order valence-corrected chi connectivity index (χ4v) is 2.24. The Morgan fingerprint density at radius 1 is 1.07 bits per heavy atom. The van der Waals surface area contributed by atoms with E-state index in [1.54, 1.807) is 11.8 Å². The van der Waals surface area contributed by atoms with Gasteiger partial charge in [0.1, 0.15) is 0 Å². The Labute approximate surface area is 95.4 Å². The first kappa shape index (κ1) is 10.3. The summed E-state index contributed by atoms with van der Waals surface area (Å²) in [4.78, 5) is 2.58. The molecule has 1 aliphatic rings. The normalized spacial score (nSPS) is 19.8. The van der Waals surface area contributed by atoms with Crippen molar-refractivity contribution in [2.24, 2.45) is 5.92 Å². The second-order valence-electron chi connectivity index (χ2n) is 3.59. The minimum absolute atomic E-state index is 0.537. The van der Waals surface area contributed by atoms with Crippen molar-refractivity contribution >= 4 is 11.8 Å². The molecule has 0 N–H and O–H groups in total. The van der Waals surface area contributed by atoms with E-state index in [0.717, 1.165) is 0 Å². The Hall–Kier alpha value is -1.21. The van der Waals surface area contributed by atoms with Crippen LogP contribution in [-0.2, 0) is 0 Å². The Kier molecular flexibility index (Phi) is 3.46. The highest BCUT2D eigenvalue weighted by Crippen LogP contribution is 2.28. The lowest BCUT2D eigenvalue weighted by atomic mass is 10.2. The van der Waals surface area contributed by atoms with Gasteiger partial charge in [0.05, 0.1) is 0 Å². The smallest absolute Gasteiger partial charge is 0.0122 e. The molecule has 1 aromatic rings. The molecule has 76 valence electrons. The summed E-state index contributed by atoms with van der Waals surface area (Å²) >= 11 is 1.80. The van der Waals surface area contributed by atoms with Gasteiger partial charge in [0.2, 0.25) is 0 Å². The molecule has 1 atom stereocenters. The van der Waals surface area contributed by atoms with Crippen molar-refractivity contribution in [1.29, 1.82) is 0 Å². The molecule has 0 aromatic heterocycles. The average Bonchev–Trinajstić information content (AvgIpc) is 2.46. The third kappa shape index (κ3) is 3.14. The molecule has 1 aromatic carbocycles. The molecule has 0 spiro atoms. The van der Waals surface area contributed by atoms with Gasteiger partial charge in [0, 0.05) is 9.80 Å². The van der Waals surface area contributed by atoms with E-state index in [1.165, 1.54) is 9.80 Å². The summed E-state index contributed by atoms with van der Waals surface area (Å²) in [5, 5.41) is 0. The Morgan fingerprint density at radius 3 is 2.67 bits per heavy atom. The van der Waals surface area contributed by atoms with Crippen molar-refractivity contribution in [3.8, 4) is 0 Å². The van der Waals surface area contributed by atoms with E-state index in [4.69, 9.17) is 0 Å². The lowest BCUT2D eigenvalue weighted by Crippen LogP contribution is -1.78. The highest BCUT2D eigenvalue weighted by atomic mass is 32.2. The molecule has 0 heterocycles. The van der Waals surface area contributed by atoms with E-state index in [0.29, 0.717) is 5.92 Å². The maximum atomic E-state index is 2.23. The molecule has 2 rings (SSSR count). The SMILES string of the molecule is C[C@@H]1C=CC=C(Sc2ccccc2)C=C1. The van der Waals surface area contributed by atoms with Crippen molar-refractivity contribution in [1.82, 2.24) is 0 Å². The van der Waals surface area contributed by atoms with Crippen LogP contribution < -0.4 is 0 Å². The zero-order valence-corrected chi connectivity index (χ0v) is 9.58. The number of allylic oxidation sites excluding steroid dienone is 5. The van der Waals surface area contributed by atoms with E-state index in [2.05, 4.69) is 61.6 Å². The van der Waals surface area contributed by atoms with Gasteiger partial charge < -0.3 is 0 Å². The summed E-state index contributed by atoms with van der Waals surface area (Å²) < 4.78 is 0. The summed E-state index contributed by atoms with van der Waals surface area (Å²) in [5.74, 6) is 0.537. The Balaban J connectivity index is 2.10. The molecular formula is C14H14S. The number of hydrogen-bond donors (Lipinski definition) is 0. The summed E-state index contributed by atoms with van der Waals surface area (Å²) in [7, 11) is 0. The van der Waals surface area contributed by atoms with Crippen LogP contribution in [0.4, 0.5) is 0 Å². The molecule has 0 aliphatic heterocycles. The molecule has 1 heteroatoms. The first-order chi connectivity index (χ1) is 7.34. The van der Waals surface area contributed by atoms with Crippen LogP contribution in [0.3, 0.4) is 0 Å². The topological polar surface area (TPSA) is 0 Å². The first-order valence-corrected chi connectivity index (χ1v) is 5.96. The van der Waals surface area contributed by atoms with Crippen LogP contribution in [0.2, 0.25) is 0 Å². The van der Waals surface area contributed by atoms with Crippen molar-refractivity contribution in [3.05, 3.63) is 65.6 Å². The fourth-order valence-electron chi connectivity index (χ4n) is 1.38. The van der Waals surface area contributed by atoms with E-state index >= 15 is 0 Å². The van der Waals surface area contributed by atoms with Gasteiger partial charge in [-0.2, -0.15) is 0 Å². The lowest BCUT2D eigenvalue weighted by molar-refractivity contribution is 0.942. The van der Waals surface area contributed by atoms with Crippen molar-refractivity contribution in [2.75, 3.05) is 0 Å². The standard InChI is InChI=1S/C14H14S/c1-12-6-5-9-14(11-10-12)15-13-7-3-2-4-8-13/h2-12H,1H3/t12-/m1/s1. The molecule has 0 bridgehead atoms. The number of thioether (sulfide) groups is 1. The van der Waals surface area contributed by atoms with Crippen molar-refractivity contribution < 1.29 is 0 Å². The molecule has 0 nitrogen and oxygen atoms in total. The van der Waals surface area contributed by atoms with Gasteiger partial charge >= 0.3 is 0 Å². The highest BCUT2D eigenvalue weighted by molar-refractivity contribution is 8.03. The van der Waals surface area contributed by atoms with E-state index in [9.17, 15) is 0 Å². The van der Waals surface area contributed by atoms with Crippen LogP contribution in [-0.4, -0.2) is 0 Å². The number of rotatable bonds is 2. The Bertz CT molecular complexity index is 399. The molecule has 0 amide bonds. The monoisotopic (exact) mass is 214 g/mol. The zero-order chi connectivity index (χ0) is 10.5. The first-order valence-electron chi connectivity index (χ1n) is 5.14. The number of hydrogen-bond acceptors (Lipinski definition) is 1. The van der Waals surface area contributed by atoms with E-state index < -0.39 is 0 Å². The van der Waals surface area contributed by atoms with Crippen LogP contribution in [0, 0.1) is 5.92 Å². The zero-order valence-electron chi connectivity index (χ0n) is 8.76. The van der Waals surface area contributed by atoms with Gasteiger partial charge in [-0.1, -0.05) is 61.2 Å². The third-order valence-corrected chi connectivity index (χ3v) is 3.23. The van der Waals surface area contributed by atoms with Gasteiger partial charge in [-0.15, -0.1) is 0 Å². The van der Waals surface area contributed by atoms with Crippen LogP contribution in [0.25, 0.3) is 0 Å². The molecule has 0 saturated carbocycles. The van der Waals surface area contributed by atoms with Crippen LogP contribution >= 0.6 is 11.8 Å². The minimum Gasteiger partial charge on any atom is -0.0901 e. The molecule has 0 unspecified atom stereocenters. The maximum Gasteiger partial charge on any atom is 0.0122 e. The predicted molar refractivity (Wildman–Crippen MR) is 67.8 cm³/mol. The van der Waals surface area contributed by atoms with Crippen molar-refractivity contribution in [2.45, 2.75) is 11.8 Å². The van der Waals surface area contributed by atoms with Crippen molar-refractivity contribution in [3.63, 3.8) is 0 Å². The van der Waals surface area contributed by atoms with Gasteiger partial charge in [-0.3, -0.25) is 0 Å². The molecule has 0 radical (unpaired) electrons.